The van der Waals surface area contributed by atoms with E-state index in [0.29, 0.717) is 36.3 Å². The van der Waals surface area contributed by atoms with Gasteiger partial charge in [-0.15, -0.1) is 15.3 Å². The Balaban J connectivity index is 0.644. The highest BCUT2D eigenvalue weighted by Crippen LogP contribution is 2.45. The van der Waals surface area contributed by atoms with Gasteiger partial charge in [-0.25, -0.2) is 14.0 Å². The van der Waals surface area contributed by atoms with Crippen LogP contribution in [0.5, 0.6) is 0 Å². The van der Waals surface area contributed by atoms with E-state index in [1.165, 1.54) is 44.8 Å². The molecule has 6 fully saturated rings. The molecule has 3 aromatic heterocycles. The highest BCUT2D eigenvalue weighted by Gasteiger charge is 2.62. The van der Waals surface area contributed by atoms with Gasteiger partial charge in [-0.2, -0.15) is 0 Å². The molecule has 6 saturated heterocycles. The number of imide groups is 1. The van der Waals surface area contributed by atoms with Gasteiger partial charge in [0, 0.05) is 82.5 Å². The highest BCUT2D eigenvalue weighted by atomic mass is 16.8. The third kappa shape index (κ3) is 27.8. The predicted molar refractivity (Wildman–Crippen MR) is 412 cm³/mol. The Hall–Kier alpha value is -7.31. The Morgan fingerprint density at radius 1 is 0.393 bits per heavy atom. The van der Waals surface area contributed by atoms with Gasteiger partial charge in [-0.05, 0) is 32.1 Å². The van der Waals surface area contributed by atoms with Gasteiger partial charge in [0.05, 0.1) is 177 Å². The molecule has 6 bridgehead atoms. The van der Waals surface area contributed by atoms with Crippen molar-refractivity contribution in [3.8, 4) is 0 Å². The third-order valence-electron chi connectivity index (χ3n) is 22.1. The summed E-state index contributed by atoms with van der Waals surface area (Å²) in [6.07, 6.45) is 2.59. The molecular weight excluding hydrogens is 1620 g/mol. The Labute approximate surface area is 703 Å². The number of hydrogen-bond acceptors (Lipinski definition) is 37. The molecule has 0 unspecified atom stereocenters. The Morgan fingerprint density at radius 2 is 0.680 bits per heavy atom. The Bertz CT molecular complexity index is 3420. The summed E-state index contributed by atoms with van der Waals surface area (Å²) in [5.74, 6) is -2.37. The second-order valence-electron chi connectivity index (χ2n) is 31.0. The number of nitrogens with zero attached hydrogens (tertiary/aromatic N) is 10. The van der Waals surface area contributed by atoms with E-state index in [-0.39, 0.29) is 246 Å². The van der Waals surface area contributed by atoms with Gasteiger partial charge in [0.2, 0.25) is 29.5 Å². The van der Waals surface area contributed by atoms with E-state index >= 15 is 0 Å². The summed E-state index contributed by atoms with van der Waals surface area (Å²) >= 11 is 0. The van der Waals surface area contributed by atoms with Crippen LogP contribution in [0.3, 0.4) is 0 Å². The van der Waals surface area contributed by atoms with Crippen LogP contribution in [-0.2, 0) is 124 Å². The van der Waals surface area contributed by atoms with Crippen molar-refractivity contribution in [1.29, 1.82) is 0 Å². The van der Waals surface area contributed by atoms with Crippen LogP contribution in [0.25, 0.3) is 0 Å². The first-order valence-corrected chi connectivity index (χ1v) is 41.8. The summed E-state index contributed by atoms with van der Waals surface area (Å²) < 4.78 is 89.2. The lowest BCUT2D eigenvalue weighted by molar-refractivity contribution is -0.244. The SMILES string of the molecule is O=C(CCCCCCCCCCC(=O)NC(CCC(=O)NCCOCCOCCOCc1cn([C@H]2[C@H]3OC[C@](CO)(O3)[C@H](O)[C@@H]2O)nn1)(CCC(=O)NCCOCCOCCOCc1cn([C@H]2[C@H]3OC[C@](CO)(O3)[C@H](O)[C@@H]2O)nn1)CCC(=O)NCCOCCOCCOCc1cn([C@H]2[C@H]3OC[C@](CO)(O3)[C@H](O)[C@@H]2O)nn1)NCCN1C(=O)C=CC1=O. The van der Waals surface area contributed by atoms with Crippen molar-refractivity contribution in [2.45, 2.75) is 219 Å². The minimum Gasteiger partial charge on any atom is -0.393 e. The lowest BCUT2D eigenvalue weighted by atomic mass is 9.82. The number of rotatable bonds is 63. The van der Waals surface area contributed by atoms with Crippen molar-refractivity contribution in [1.82, 2.24) is 76.5 Å². The van der Waals surface area contributed by atoms with Crippen molar-refractivity contribution in [2.24, 2.45) is 0 Å². The van der Waals surface area contributed by atoms with E-state index in [4.69, 9.17) is 71.1 Å². The maximum Gasteiger partial charge on any atom is 0.253 e. The second kappa shape index (κ2) is 49.6. The van der Waals surface area contributed by atoms with Gasteiger partial charge in [0.15, 0.2) is 18.9 Å². The molecule has 3 aromatic rings. The number of unbranched alkanes of at least 4 members (excludes halogenated alkanes) is 7. The van der Waals surface area contributed by atoms with E-state index in [2.05, 4.69) is 57.5 Å². The number of fused-ring (bicyclic) bond motifs is 6. The summed E-state index contributed by atoms with van der Waals surface area (Å²) in [6.45, 7) is 1.81. The number of nitrogens with one attached hydrogen (secondary N) is 5. The zero-order chi connectivity index (χ0) is 86.8. The molecule has 7 aliphatic heterocycles. The Morgan fingerprint density at radius 3 is 1.01 bits per heavy atom. The lowest BCUT2D eigenvalue weighted by Gasteiger charge is -2.41. The number of ether oxygens (including phenoxy) is 15. The molecule has 10 heterocycles. The number of aliphatic hydroxyl groups excluding tert-OH is 9. The fourth-order valence-corrected chi connectivity index (χ4v) is 15.0. The number of carbonyl (C=O) groups is 7. The molecule has 7 amide bonds. The molecular formula is C76H121N15O31. The quantitative estimate of drug-likeness (QED) is 0.0185. The van der Waals surface area contributed by atoms with Crippen LogP contribution in [0.2, 0.25) is 0 Å². The van der Waals surface area contributed by atoms with Crippen molar-refractivity contribution in [3.05, 3.63) is 47.8 Å². The van der Waals surface area contributed by atoms with Gasteiger partial charge < -0.3 is 144 Å². The molecule has 122 heavy (non-hydrogen) atoms. The molecule has 686 valence electrons. The smallest absolute Gasteiger partial charge is 0.253 e. The molecule has 0 aliphatic carbocycles. The molecule has 0 radical (unpaired) electrons. The first kappa shape index (κ1) is 96.9. The number of aromatic nitrogens is 9. The average molecular weight is 1740 g/mol. The molecule has 0 saturated carbocycles. The average Bonchev–Trinajstić information content (AvgIpc) is 1.59. The number of aliphatic hydroxyl groups is 9. The first-order chi connectivity index (χ1) is 59.1. The van der Waals surface area contributed by atoms with Crippen LogP contribution in [0.4, 0.5) is 0 Å². The lowest BCUT2D eigenvalue weighted by Crippen LogP contribution is -2.60. The number of carbonyl (C=O) groups excluding carboxylic acids is 7. The monoisotopic (exact) mass is 1740 g/mol. The van der Waals surface area contributed by atoms with E-state index in [9.17, 15) is 79.5 Å². The van der Waals surface area contributed by atoms with Crippen molar-refractivity contribution in [3.63, 3.8) is 0 Å². The van der Waals surface area contributed by atoms with Crippen molar-refractivity contribution >= 4 is 41.4 Å². The second-order valence-corrected chi connectivity index (χ2v) is 31.0. The van der Waals surface area contributed by atoms with Crippen LogP contribution in [0, 0.1) is 0 Å². The molecule has 10 rings (SSSR count). The summed E-state index contributed by atoms with van der Waals surface area (Å²) in [5, 5.41) is 133. The normalized spacial score (nSPS) is 26.5. The van der Waals surface area contributed by atoms with E-state index in [1.54, 1.807) is 0 Å². The van der Waals surface area contributed by atoms with Crippen LogP contribution in [0.15, 0.2) is 30.7 Å². The van der Waals surface area contributed by atoms with Crippen molar-refractivity contribution < 1.29 is 151 Å². The molecule has 7 aliphatic rings. The van der Waals surface area contributed by atoms with Gasteiger partial charge in [-0.1, -0.05) is 54.2 Å². The minimum atomic E-state index is -1.42. The summed E-state index contributed by atoms with van der Waals surface area (Å²) in [6, 6.07) is -2.73. The van der Waals surface area contributed by atoms with E-state index in [0.717, 1.165) is 43.4 Å². The Kier molecular flexibility index (Phi) is 39.4. The third-order valence-corrected chi connectivity index (χ3v) is 22.1. The highest BCUT2D eigenvalue weighted by molar-refractivity contribution is 6.12. The molecule has 0 aromatic carbocycles. The van der Waals surface area contributed by atoms with Crippen molar-refractivity contribution in [2.75, 3.05) is 171 Å². The van der Waals surface area contributed by atoms with Crippen LogP contribution in [-0.4, -0.2) is 386 Å². The largest absolute Gasteiger partial charge is 0.393 e. The zero-order valence-electron chi connectivity index (χ0n) is 68.6. The topological polar surface area (TPSA) is 596 Å². The van der Waals surface area contributed by atoms with Crippen LogP contribution >= 0.6 is 0 Å². The number of hydrogen-bond donors (Lipinski definition) is 14. The summed E-state index contributed by atoms with van der Waals surface area (Å²) in [4.78, 5) is 92.2. The minimum absolute atomic E-state index is 0.0585. The maximum absolute atomic E-state index is 14.1. The van der Waals surface area contributed by atoms with Gasteiger partial charge in [0.1, 0.15) is 88.6 Å². The van der Waals surface area contributed by atoms with E-state index in [1.807, 2.05) is 0 Å². The molecule has 15 atom stereocenters. The number of amides is 7. The van der Waals surface area contributed by atoms with Gasteiger partial charge in [-0.3, -0.25) is 38.5 Å². The van der Waals surface area contributed by atoms with Gasteiger partial charge in [0.25, 0.3) is 11.8 Å². The fourth-order valence-electron chi connectivity index (χ4n) is 15.0. The zero-order valence-corrected chi connectivity index (χ0v) is 68.6. The molecule has 14 N–H and O–H groups in total. The molecule has 0 spiro atoms. The van der Waals surface area contributed by atoms with Crippen LogP contribution < -0.4 is 26.6 Å². The van der Waals surface area contributed by atoms with Crippen LogP contribution in [0.1, 0.15) is 138 Å². The standard InChI is InChI=1S/C76H121N15O31/c92-45-74-48-117-70(120-74)61(64(102)67(74)105)89-39-51(82-85-89)42-114-36-33-111-30-27-108-24-20-78-55(96)13-16-73(81-58(99)10-8-6-4-2-1-3-5-7-9-54(95)77-19-23-88-59(100)11-12-60(88)101,17-14-56(97)79-21-25-109-28-31-112-34-37-115-43-52-40-90(86-83-52)62-65(103)68(106)75(46-93)49-118-71(62)121-75)18-15-57(98)80-22-26-110-29-32-113-35-38-116-44-53-41-91(87-84-53)63-66(104)69(107)76(47-94)50-119-72(63)122-76/h11-12,39-41,61-72,92-94,102-107H,1-10,13-38,42-50H2,(H,77,95)(H,78,96)(H,79,97)(H,80,98)(H,81,99)/t61-,62-,63-,64-,65-,66-,67-,68-,69-,70+,71+,72+,74+,75+,76+/m1/s1. The van der Waals surface area contributed by atoms with E-state index < -0.39 is 128 Å². The maximum atomic E-state index is 14.1. The first-order valence-electron chi connectivity index (χ1n) is 41.8. The molecule has 46 heteroatoms. The summed E-state index contributed by atoms with van der Waals surface area (Å²) in [7, 11) is 0. The molecule has 46 nitrogen and oxygen atoms in total. The predicted octanol–water partition coefficient (Wildman–Crippen LogP) is -5.86. The summed E-state index contributed by atoms with van der Waals surface area (Å²) in [5.41, 5.74) is -4.17. The fraction of sp³-hybridized carbons (Fsp3) is 0.803. The van der Waals surface area contributed by atoms with Gasteiger partial charge >= 0.3 is 0 Å².